The summed E-state index contributed by atoms with van der Waals surface area (Å²) in [6.45, 7) is 4.65. The molecule has 1 unspecified atom stereocenters. The molecule has 0 saturated carbocycles. The van der Waals surface area contributed by atoms with Crippen LogP contribution in [0.25, 0.3) is 0 Å². The van der Waals surface area contributed by atoms with Crippen molar-refractivity contribution in [1.82, 2.24) is 5.32 Å². The molecule has 1 aromatic heterocycles. The first-order valence-corrected chi connectivity index (χ1v) is 6.20. The zero-order valence-electron chi connectivity index (χ0n) is 11.1. The lowest BCUT2D eigenvalue weighted by atomic mass is 9.99. The Kier molecular flexibility index (Phi) is 4.05. The zero-order chi connectivity index (χ0) is 13.0. The fraction of sp³-hybridized carbons (Fsp3) is 0.333. The molecule has 0 aliphatic carbocycles. The van der Waals surface area contributed by atoms with Crippen LogP contribution in [-0.2, 0) is 0 Å². The van der Waals surface area contributed by atoms with E-state index in [2.05, 4.69) is 17.4 Å². The standard InChI is InChI=1S/C15H19NO2/c1-4-17-13-7-5-6-12(10-13)15(16-3)14-8-9-18-11(14)2/h5-10,15-16H,4H2,1-3H3. The van der Waals surface area contributed by atoms with Crippen LogP contribution in [0, 0.1) is 6.92 Å². The molecule has 0 radical (unpaired) electrons. The molecule has 0 fully saturated rings. The molecule has 1 heterocycles. The third kappa shape index (κ3) is 2.57. The van der Waals surface area contributed by atoms with Crippen LogP contribution in [0.4, 0.5) is 0 Å². The molecule has 1 atom stereocenters. The number of hydrogen-bond acceptors (Lipinski definition) is 3. The summed E-state index contributed by atoms with van der Waals surface area (Å²) in [6, 6.07) is 10.3. The van der Waals surface area contributed by atoms with Crippen LogP contribution in [-0.4, -0.2) is 13.7 Å². The van der Waals surface area contributed by atoms with Crippen molar-refractivity contribution >= 4 is 0 Å². The van der Waals surface area contributed by atoms with Crippen molar-refractivity contribution in [3.63, 3.8) is 0 Å². The van der Waals surface area contributed by atoms with Gasteiger partial charge in [-0.15, -0.1) is 0 Å². The summed E-state index contributed by atoms with van der Waals surface area (Å²) in [5.74, 6) is 1.84. The predicted octanol–water partition coefficient (Wildman–Crippen LogP) is 3.30. The third-order valence-electron chi connectivity index (χ3n) is 3.00. The molecule has 0 aliphatic rings. The molecule has 2 aromatic rings. The Bertz CT molecular complexity index is 505. The van der Waals surface area contributed by atoms with Crippen LogP contribution in [0.5, 0.6) is 5.75 Å². The highest BCUT2D eigenvalue weighted by Gasteiger charge is 2.16. The average Bonchev–Trinajstić information content (AvgIpc) is 2.78. The maximum Gasteiger partial charge on any atom is 0.119 e. The van der Waals surface area contributed by atoms with Crippen LogP contribution in [0.2, 0.25) is 0 Å². The Morgan fingerprint density at radius 2 is 2.17 bits per heavy atom. The molecule has 18 heavy (non-hydrogen) atoms. The first kappa shape index (κ1) is 12.7. The van der Waals surface area contributed by atoms with E-state index in [9.17, 15) is 0 Å². The van der Waals surface area contributed by atoms with Crippen LogP contribution >= 0.6 is 0 Å². The molecule has 3 nitrogen and oxygen atoms in total. The van der Waals surface area contributed by atoms with Gasteiger partial charge in [0.05, 0.1) is 18.9 Å². The minimum atomic E-state index is 0.129. The third-order valence-corrected chi connectivity index (χ3v) is 3.00. The van der Waals surface area contributed by atoms with E-state index in [1.165, 1.54) is 5.56 Å². The average molecular weight is 245 g/mol. The smallest absolute Gasteiger partial charge is 0.119 e. The van der Waals surface area contributed by atoms with Crippen molar-refractivity contribution in [2.75, 3.05) is 13.7 Å². The quantitative estimate of drug-likeness (QED) is 0.877. The minimum absolute atomic E-state index is 0.129. The first-order valence-electron chi connectivity index (χ1n) is 6.20. The van der Waals surface area contributed by atoms with Gasteiger partial charge in [-0.1, -0.05) is 12.1 Å². The summed E-state index contributed by atoms with van der Waals surface area (Å²) >= 11 is 0. The highest BCUT2D eigenvalue weighted by Crippen LogP contribution is 2.27. The predicted molar refractivity (Wildman–Crippen MR) is 72.0 cm³/mol. The van der Waals surface area contributed by atoms with Gasteiger partial charge in [-0.2, -0.15) is 0 Å². The van der Waals surface area contributed by atoms with Gasteiger partial charge in [-0.05, 0) is 44.7 Å². The van der Waals surface area contributed by atoms with Gasteiger partial charge < -0.3 is 14.5 Å². The van der Waals surface area contributed by atoms with Crippen molar-refractivity contribution in [3.05, 3.63) is 53.5 Å². The summed E-state index contributed by atoms with van der Waals surface area (Å²) in [5.41, 5.74) is 2.33. The van der Waals surface area contributed by atoms with Crippen molar-refractivity contribution in [1.29, 1.82) is 0 Å². The largest absolute Gasteiger partial charge is 0.494 e. The van der Waals surface area contributed by atoms with E-state index in [1.54, 1.807) is 6.26 Å². The molecular weight excluding hydrogens is 226 g/mol. The molecule has 96 valence electrons. The normalized spacial score (nSPS) is 12.4. The highest BCUT2D eigenvalue weighted by molar-refractivity contribution is 5.37. The fourth-order valence-corrected chi connectivity index (χ4v) is 2.15. The van der Waals surface area contributed by atoms with E-state index in [0.717, 1.165) is 17.1 Å². The Balaban J connectivity index is 2.33. The topological polar surface area (TPSA) is 34.4 Å². The van der Waals surface area contributed by atoms with Gasteiger partial charge in [-0.25, -0.2) is 0 Å². The van der Waals surface area contributed by atoms with E-state index in [1.807, 2.05) is 39.1 Å². The maximum absolute atomic E-state index is 5.54. The number of furan rings is 1. The van der Waals surface area contributed by atoms with Crippen molar-refractivity contribution in [2.45, 2.75) is 19.9 Å². The van der Waals surface area contributed by atoms with Gasteiger partial charge in [0, 0.05) is 5.56 Å². The van der Waals surface area contributed by atoms with E-state index in [4.69, 9.17) is 9.15 Å². The fourth-order valence-electron chi connectivity index (χ4n) is 2.15. The second kappa shape index (κ2) is 5.74. The van der Waals surface area contributed by atoms with Crippen molar-refractivity contribution in [2.24, 2.45) is 0 Å². The van der Waals surface area contributed by atoms with Crippen molar-refractivity contribution in [3.8, 4) is 5.75 Å². The first-order chi connectivity index (χ1) is 8.76. The van der Waals surface area contributed by atoms with Crippen LogP contribution in [0.1, 0.15) is 29.9 Å². The summed E-state index contributed by atoms with van der Waals surface area (Å²) < 4.78 is 10.9. The molecule has 1 N–H and O–H groups in total. The van der Waals surface area contributed by atoms with Gasteiger partial charge in [0.1, 0.15) is 11.5 Å². The Hall–Kier alpha value is -1.74. The van der Waals surface area contributed by atoms with E-state index < -0.39 is 0 Å². The lowest BCUT2D eigenvalue weighted by Crippen LogP contribution is -2.17. The van der Waals surface area contributed by atoms with E-state index in [0.29, 0.717) is 6.61 Å². The molecule has 0 aliphatic heterocycles. The molecule has 2 rings (SSSR count). The zero-order valence-corrected chi connectivity index (χ0v) is 11.1. The summed E-state index contributed by atoms with van der Waals surface area (Å²) in [7, 11) is 1.95. The number of hydrogen-bond donors (Lipinski definition) is 1. The maximum atomic E-state index is 5.54. The summed E-state index contributed by atoms with van der Waals surface area (Å²) in [4.78, 5) is 0. The molecule has 0 saturated heterocycles. The van der Waals surface area contributed by atoms with Gasteiger partial charge >= 0.3 is 0 Å². The second-order valence-electron chi connectivity index (χ2n) is 4.16. The number of nitrogens with one attached hydrogen (secondary N) is 1. The van der Waals surface area contributed by atoms with Gasteiger partial charge in [0.25, 0.3) is 0 Å². The van der Waals surface area contributed by atoms with Gasteiger partial charge in [0.15, 0.2) is 0 Å². The molecule has 1 aromatic carbocycles. The minimum Gasteiger partial charge on any atom is -0.494 e. The number of aryl methyl sites for hydroxylation is 1. The SMILES string of the molecule is CCOc1cccc(C(NC)c2ccoc2C)c1. The number of rotatable bonds is 5. The molecule has 0 amide bonds. The van der Waals surface area contributed by atoms with E-state index in [-0.39, 0.29) is 6.04 Å². The Morgan fingerprint density at radius 1 is 1.33 bits per heavy atom. The number of benzene rings is 1. The summed E-state index contributed by atoms with van der Waals surface area (Å²) in [6.07, 6.45) is 1.72. The van der Waals surface area contributed by atoms with E-state index >= 15 is 0 Å². The van der Waals surface area contributed by atoms with Crippen LogP contribution in [0.15, 0.2) is 41.0 Å². The van der Waals surface area contributed by atoms with Crippen LogP contribution < -0.4 is 10.1 Å². The Morgan fingerprint density at radius 3 is 2.78 bits per heavy atom. The molecular formula is C15H19NO2. The molecule has 3 heteroatoms. The Labute approximate surface area is 108 Å². The van der Waals surface area contributed by atoms with Crippen LogP contribution in [0.3, 0.4) is 0 Å². The van der Waals surface area contributed by atoms with Gasteiger partial charge in [-0.3, -0.25) is 0 Å². The lowest BCUT2D eigenvalue weighted by Gasteiger charge is -2.17. The van der Waals surface area contributed by atoms with Crippen molar-refractivity contribution < 1.29 is 9.15 Å². The monoisotopic (exact) mass is 245 g/mol. The number of ether oxygens (including phenoxy) is 1. The summed E-state index contributed by atoms with van der Waals surface area (Å²) in [5, 5.41) is 3.32. The highest BCUT2D eigenvalue weighted by atomic mass is 16.5. The van der Waals surface area contributed by atoms with Gasteiger partial charge in [0.2, 0.25) is 0 Å². The second-order valence-corrected chi connectivity index (χ2v) is 4.16. The molecule has 0 spiro atoms. The molecule has 0 bridgehead atoms. The lowest BCUT2D eigenvalue weighted by molar-refractivity contribution is 0.339.